The Morgan fingerprint density at radius 3 is 2.70 bits per heavy atom. The van der Waals surface area contributed by atoms with Crippen molar-refractivity contribution in [3.8, 4) is 0 Å². The van der Waals surface area contributed by atoms with Crippen molar-refractivity contribution >= 4 is 28.3 Å². The fourth-order valence-corrected chi connectivity index (χ4v) is 2.34. The molecule has 0 atom stereocenters. The van der Waals surface area contributed by atoms with Crippen LogP contribution in [0.4, 0.5) is 5.13 Å². The first-order valence-electron chi connectivity index (χ1n) is 6.41. The van der Waals surface area contributed by atoms with Gasteiger partial charge in [0.15, 0.2) is 5.13 Å². The van der Waals surface area contributed by atoms with Gasteiger partial charge in [0.05, 0.1) is 0 Å². The summed E-state index contributed by atoms with van der Waals surface area (Å²) in [7, 11) is 1.46. The number of nitrogens with one attached hydrogen (secondary N) is 1. The molecule has 6 nitrogen and oxygen atoms in total. The summed E-state index contributed by atoms with van der Waals surface area (Å²) < 4.78 is 4.84. The van der Waals surface area contributed by atoms with Gasteiger partial charge in [-0.25, -0.2) is 4.98 Å². The molecule has 0 aromatic carbocycles. The fourth-order valence-electron chi connectivity index (χ4n) is 1.65. The third-order valence-corrected chi connectivity index (χ3v) is 3.24. The zero-order valence-electron chi connectivity index (χ0n) is 12.3. The van der Waals surface area contributed by atoms with Crippen LogP contribution in [0.2, 0.25) is 0 Å². The summed E-state index contributed by atoms with van der Waals surface area (Å²) >= 11 is 1.40. The molecule has 7 heteroatoms. The van der Waals surface area contributed by atoms with Crippen molar-refractivity contribution in [2.45, 2.75) is 20.8 Å². The Kier molecular flexibility index (Phi) is 6.60. The fraction of sp³-hybridized carbons (Fsp3) is 0.615. The molecule has 0 aliphatic carbocycles. The van der Waals surface area contributed by atoms with Gasteiger partial charge in [-0.3, -0.25) is 9.59 Å². The van der Waals surface area contributed by atoms with Crippen LogP contribution in [0.15, 0.2) is 6.20 Å². The van der Waals surface area contributed by atoms with Crippen LogP contribution in [0, 0.1) is 12.8 Å². The molecule has 0 saturated heterocycles. The molecule has 1 aromatic heterocycles. The number of methoxy groups -OCH3 is 1. The van der Waals surface area contributed by atoms with Crippen LogP contribution in [0.5, 0.6) is 0 Å². The highest BCUT2D eigenvalue weighted by atomic mass is 32.1. The molecule has 2 amide bonds. The minimum absolute atomic E-state index is 0.0129. The number of hydrogen-bond donors (Lipinski definition) is 1. The van der Waals surface area contributed by atoms with Gasteiger partial charge in [-0.1, -0.05) is 13.8 Å². The van der Waals surface area contributed by atoms with Crippen molar-refractivity contribution in [3.05, 3.63) is 11.1 Å². The average Bonchev–Trinajstić information content (AvgIpc) is 2.73. The summed E-state index contributed by atoms with van der Waals surface area (Å²) in [5.74, 6) is -0.151. The standard InChI is InChI=1S/C13H21N3O3S/c1-9(2)6-16(12(18)8-19-4)7-11(17)15-13-14-5-10(3)20-13/h5,9H,6-8H2,1-4H3,(H,14,15,17). The van der Waals surface area contributed by atoms with E-state index in [1.54, 1.807) is 6.20 Å². The van der Waals surface area contributed by atoms with E-state index in [2.05, 4.69) is 10.3 Å². The summed E-state index contributed by atoms with van der Waals surface area (Å²) in [6.07, 6.45) is 1.70. The third-order valence-electron chi connectivity index (χ3n) is 2.41. The monoisotopic (exact) mass is 299 g/mol. The highest BCUT2D eigenvalue weighted by Gasteiger charge is 2.18. The molecule has 0 aliphatic heterocycles. The average molecular weight is 299 g/mol. The molecule has 0 saturated carbocycles. The Balaban J connectivity index is 2.59. The van der Waals surface area contributed by atoms with E-state index in [4.69, 9.17) is 4.74 Å². The molecule has 20 heavy (non-hydrogen) atoms. The van der Waals surface area contributed by atoms with Gasteiger partial charge in [0.1, 0.15) is 13.2 Å². The zero-order chi connectivity index (χ0) is 15.1. The molecule has 0 fully saturated rings. The number of anilines is 1. The van der Waals surface area contributed by atoms with Crippen molar-refractivity contribution in [1.82, 2.24) is 9.88 Å². The van der Waals surface area contributed by atoms with E-state index in [-0.39, 0.29) is 30.9 Å². The number of carbonyl (C=O) groups is 2. The minimum Gasteiger partial charge on any atom is -0.375 e. The number of carbonyl (C=O) groups excluding carboxylic acids is 2. The lowest BCUT2D eigenvalue weighted by Gasteiger charge is -2.23. The number of ether oxygens (including phenoxy) is 1. The number of hydrogen-bond acceptors (Lipinski definition) is 5. The minimum atomic E-state index is -0.246. The van der Waals surface area contributed by atoms with Crippen LogP contribution < -0.4 is 5.32 Å². The van der Waals surface area contributed by atoms with Gasteiger partial charge >= 0.3 is 0 Å². The highest BCUT2D eigenvalue weighted by molar-refractivity contribution is 7.15. The summed E-state index contributed by atoms with van der Waals surface area (Å²) in [4.78, 5) is 30.4. The Labute approximate surface area is 123 Å². The maximum atomic E-state index is 11.9. The van der Waals surface area contributed by atoms with Crippen LogP contribution in [0.1, 0.15) is 18.7 Å². The van der Waals surface area contributed by atoms with E-state index in [0.29, 0.717) is 11.7 Å². The summed E-state index contributed by atoms with van der Waals surface area (Å²) in [6.45, 7) is 6.42. The van der Waals surface area contributed by atoms with E-state index < -0.39 is 0 Å². The first-order valence-corrected chi connectivity index (χ1v) is 7.23. The van der Waals surface area contributed by atoms with Crippen LogP contribution in [0.3, 0.4) is 0 Å². The number of rotatable bonds is 7. The van der Waals surface area contributed by atoms with E-state index >= 15 is 0 Å². The number of amides is 2. The zero-order valence-corrected chi connectivity index (χ0v) is 13.1. The third kappa shape index (κ3) is 5.66. The normalized spacial score (nSPS) is 10.7. The first kappa shape index (κ1) is 16.6. The second-order valence-electron chi connectivity index (χ2n) is 4.93. The smallest absolute Gasteiger partial charge is 0.249 e. The quantitative estimate of drug-likeness (QED) is 0.828. The molecule has 0 spiro atoms. The molecule has 0 aliphatic rings. The van der Waals surface area contributed by atoms with Gasteiger partial charge < -0.3 is 15.0 Å². The highest BCUT2D eigenvalue weighted by Crippen LogP contribution is 2.16. The molecule has 1 rings (SSSR count). The van der Waals surface area contributed by atoms with Crippen LogP contribution in [-0.2, 0) is 14.3 Å². The van der Waals surface area contributed by atoms with Gasteiger partial charge in [-0.2, -0.15) is 0 Å². The predicted octanol–water partition coefficient (Wildman–Crippen LogP) is 1.52. The lowest BCUT2D eigenvalue weighted by atomic mass is 10.2. The Hall–Kier alpha value is -1.47. The molecule has 112 valence electrons. The van der Waals surface area contributed by atoms with Gasteiger partial charge in [-0.05, 0) is 12.8 Å². The molecular weight excluding hydrogens is 278 g/mol. The van der Waals surface area contributed by atoms with Gasteiger partial charge in [-0.15, -0.1) is 11.3 Å². The maximum Gasteiger partial charge on any atom is 0.249 e. The topological polar surface area (TPSA) is 71.5 Å². The second kappa shape index (κ2) is 7.96. The van der Waals surface area contributed by atoms with Crippen molar-refractivity contribution in [3.63, 3.8) is 0 Å². The largest absolute Gasteiger partial charge is 0.375 e. The Bertz CT molecular complexity index is 459. The van der Waals surface area contributed by atoms with Crippen molar-refractivity contribution in [2.24, 2.45) is 5.92 Å². The molecule has 1 heterocycles. The number of thiazole rings is 1. The summed E-state index contributed by atoms with van der Waals surface area (Å²) in [6, 6.07) is 0. The van der Waals surface area contributed by atoms with Crippen LogP contribution in [-0.4, -0.2) is 48.5 Å². The lowest BCUT2D eigenvalue weighted by molar-refractivity contribution is -0.138. The lowest BCUT2D eigenvalue weighted by Crippen LogP contribution is -2.41. The molecule has 1 aromatic rings. The molecule has 1 N–H and O–H groups in total. The Morgan fingerprint density at radius 2 is 2.20 bits per heavy atom. The van der Waals surface area contributed by atoms with Crippen molar-refractivity contribution in [2.75, 3.05) is 32.1 Å². The number of aromatic nitrogens is 1. The molecular formula is C13H21N3O3S. The number of nitrogens with zero attached hydrogens (tertiary/aromatic N) is 2. The second-order valence-corrected chi connectivity index (χ2v) is 6.16. The van der Waals surface area contributed by atoms with E-state index in [0.717, 1.165) is 4.88 Å². The van der Waals surface area contributed by atoms with Gasteiger partial charge in [0.25, 0.3) is 0 Å². The summed E-state index contributed by atoms with van der Waals surface area (Å²) in [5.41, 5.74) is 0. The van der Waals surface area contributed by atoms with E-state index in [9.17, 15) is 9.59 Å². The predicted molar refractivity (Wildman–Crippen MR) is 78.8 cm³/mol. The van der Waals surface area contributed by atoms with Crippen molar-refractivity contribution < 1.29 is 14.3 Å². The maximum absolute atomic E-state index is 11.9. The molecule has 0 radical (unpaired) electrons. The van der Waals surface area contributed by atoms with Gasteiger partial charge in [0.2, 0.25) is 11.8 Å². The van der Waals surface area contributed by atoms with Crippen molar-refractivity contribution in [1.29, 1.82) is 0 Å². The molecule has 0 unspecified atom stereocenters. The Morgan fingerprint density at radius 1 is 1.50 bits per heavy atom. The van der Waals surface area contributed by atoms with Crippen LogP contribution >= 0.6 is 11.3 Å². The first-order chi connectivity index (χ1) is 9.42. The van der Waals surface area contributed by atoms with E-state index in [1.165, 1.54) is 23.3 Å². The van der Waals surface area contributed by atoms with Crippen LogP contribution in [0.25, 0.3) is 0 Å². The van der Waals surface area contributed by atoms with Gasteiger partial charge in [0, 0.05) is 24.7 Å². The number of aryl methyl sites for hydroxylation is 1. The molecule has 0 bridgehead atoms. The summed E-state index contributed by atoms with van der Waals surface area (Å²) in [5, 5.41) is 3.25. The SMILES string of the molecule is COCC(=O)N(CC(=O)Nc1ncc(C)s1)CC(C)C. The van der Waals surface area contributed by atoms with E-state index in [1.807, 2.05) is 20.8 Å².